The number of rotatable bonds is 8. The highest BCUT2D eigenvalue weighted by molar-refractivity contribution is 7.90. The van der Waals surface area contributed by atoms with Gasteiger partial charge in [-0.3, -0.25) is 9.97 Å². The zero-order valence-corrected chi connectivity index (χ0v) is 22.4. The smallest absolute Gasteiger partial charge is 0.229 e. The van der Waals surface area contributed by atoms with Gasteiger partial charge in [0.2, 0.25) is 15.0 Å². The molecule has 0 saturated carbocycles. The second-order valence-corrected chi connectivity index (χ2v) is 10.6. The fourth-order valence-corrected chi connectivity index (χ4v) is 5.96. The van der Waals surface area contributed by atoms with Gasteiger partial charge in [0, 0.05) is 40.7 Å². The van der Waals surface area contributed by atoms with Crippen molar-refractivity contribution < 1.29 is 22.6 Å². The van der Waals surface area contributed by atoms with Crippen molar-refractivity contribution in [3.8, 4) is 17.2 Å². The third-order valence-corrected chi connectivity index (χ3v) is 7.85. The Hall–Kier alpha value is -3.66. The van der Waals surface area contributed by atoms with Gasteiger partial charge in [-0.15, -0.1) is 0 Å². The second-order valence-electron chi connectivity index (χ2n) is 8.69. The van der Waals surface area contributed by atoms with E-state index < -0.39 is 9.84 Å². The van der Waals surface area contributed by atoms with Gasteiger partial charge in [0.1, 0.15) is 23.0 Å². The highest BCUT2D eigenvalue weighted by Crippen LogP contribution is 2.31. The number of sulfone groups is 1. The van der Waals surface area contributed by atoms with Gasteiger partial charge in [-0.05, 0) is 39.8 Å². The molecule has 4 rings (SSSR count). The molecular formula is C26H30N4O5S. The number of imidazole rings is 1. The lowest BCUT2D eigenvalue weighted by atomic mass is 10.1. The lowest BCUT2D eigenvalue weighted by Gasteiger charge is -2.15. The predicted octanol–water partition coefficient (Wildman–Crippen LogP) is 4.11. The predicted molar refractivity (Wildman–Crippen MR) is 137 cm³/mol. The van der Waals surface area contributed by atoms with Crippen LogP contribution in [0.2, 0.25) is 0 Å². The Labute approximate surface area is 211 Å². The molecule has 0 aliphatic rings. The fraction of sp³-hybridized carbons (Fsp3) is 0.346. The minimum atomic E-state index is -3.91. The quantitative estimate of drug-likeness (QED) is 0.349. The van der Waals surface area contributed by atoms with Crippen molar-refractivity contribution in [3.63, 3.8) is 0 Å². The molecule has 9 nitrogen and oxygen atoms in total. The first-order chi connectivity index (χ1) is 17.1. The maximum absolute atomic E-state index is 13.8. The number of aryl methyl sites for hydroxylation is 2. The van der Waals surface area contributed by atoms with Gasteiger partial charge >= 0.3 is 0 Å². The lowest BCUT2D eigenvalue weighted by molar-refractivity contribution is 0.406. The summed E-state index contributed by atoms with van der Waals surface area (Å²) in [5, 5.41) is -0.0627. The number of hydrogen-bond acceptors (Lipinski definition) is 8. The molecule has 0 saturated heterocycles. The van der Waals surface area contributed by atoms with E-state index in [1.807, 2.05) is 27.7 Å². The van der Waals surface area contributed by atoms with Gasteiger partial charge in [-0.2, -0.15) is 0 Å². The molecule has 0 aliphatic carbocycles. The Balaban J connectivity index is 1.88. The first-order valence-electron chi connectivity index (χ1n) is 11.4. The van der Waals surface area contributed by atoms with Crippen LogP contribution in [-0.4, -0.2) is 49.3 Å². The highest BCUT2D eigenvalue weighted by atomic mass is 32.2. The standard InChI is InChI=1S/C26H30N4O5S/c1-15-11-27-21(17(3)24(15)34-6)13-30-23-10-19(33-5)8-9-20(23)29-26(30)36(31,32)14-22-18(4)25(35-7)16(2)12-28-22/h8-12H,13-14H2,1-7H3. The molecule has 0 atom stereocenters. The van der Waals surface area contributed by atoms with Crippen LogP contribution >= 0.6 is 0 Å². The van der Waals surface area contributed by atoms with Crippen LogP contribution < -0.4 is 14.2 Å². The van der Waals surface area contributed by atoms with Crippen LogP contribution in [0, 0.1) is 27.7 Å². The van der Waals surface area contributed by atoms with Gasteiger partial charge in [0.25, 0.3) is 0 Å². The Kier molecular flexibility index (Phi) is 6.90. The summed E-state index contributed by atoms with van der Waals surface area (Å²) in [7, 11) is 0.826. The van der Waals surface area contributed by atoms with Crippen molar-refractivity contribution in [2.45, 2.75) is 45.1 Å². The van der Waals surface area contributed by atoms with E-state index in [4.69, 9.17) is 14.2 Å². The summed E-state index contributed by atoms with van der Waals surface area (Å²) < 4.78 is 45.7. The molecule has 0 unspecified atom stereocenters. The molecule has 36 heavy (non-hydrogen) atoms. The number of methoxy groups -OCH3 is 3. The number of aromatic nitrogens is 4. The maximum Gasteiger partial charge on any atom is 0.229 e. The molecule has 0 N–H and O–H groups in total. The number of fused-ring (bicyclic) bond motifs is 1. The Morgan fingerprint density at radius 3 is 2.00 bits per heavy atom. The molecule has 0 spiro atoms. The summed E-state index contributed by atoms with van der Waals surface area (Å²) in [5.74, 6) is 1.62. The van der Waals surface area contributed by atoms with Crippen LogP contribution in [0.25, 0.3) is 11.0 Å². The van der Waals surface area contributed by atoms with Gasteiger partial charge < -0.3 is 18.8 Å². The zero-order valence-electron chi connectivity index (χ0n) is 21.5. The molecule has 4 aromatic rings. The van der Waals surface area contributed by atoms with Crippen LogP contribution in [0.15, 0.2) is 35.7 Å². The zero-order chi connectivity index (χ0) is 26.2. The van der Waals surface area contributed by atoms with Crippen molar-refractivity contribution in [1.82, 2.24) is 19.5 Å². The average Bonchev–Trinajstić information content (AvgIpc) is 3.22. The molecule has 0 bridgehead atoms. The monoisotopic (exact) mass is 510 g/mol. The fourth-order valence-electron chi connectivity index (χ4n) is 4.44. The molecular weight excluding hydrogens is 480 g/mol. The van der Waals surface area contributed by atoms with Gasteiger partial charge in [0.05, 0.1) is 50.3 Å². The molecule has 0 amide bonds. The number of pyridine rings is 2. The minimum absolute atomic E-state index is 0.0627. The maximum atomic E-state index is 13.8. The highest BCUT2D eigenvalue weighted by Gasteiger charge is 2.27. The Morgan fingerprint density at radius 2 is 1.42 bits per heavy atom. The van der Waals surface area contributed by atoms with Crippen LogP contribution in [0.1, 0.15) is 33.6 Å². The molecule has 0 fully saturated rings. The van der Waals surface area contributed by atoms with Crippen molar-refractivity contribution in [2.24, 2.45) is 0 Å². The van der Waals surface area contributed by atoms with Crippen LogP contribution in [0.3, 0.4) is 0 Å². The summed E-state index contributed by atoms with van der Waals surface area (Å²) >= 11 is 0. The van der Waals surface area contributed by atoms with E-state index in [9.17, 15) is 8.42 Å². The SMILES string of the molecule is COc1ccc2nc(S(=O)(=O)Cc3ncc(C)c(OC)c3C)n(Cc3ncc(C)c(OC)c3C)c2c1. The van der Waals surface area contributed by atoms with Crippen LogP contribution in [0.4, 0.5) is 0 Å². The molecule has 10 heteroatoms. The van der Waals surface area contributed by atoms with Crippen molar-refractivity contribution in [2.75, 3.05) is 21.3 Å². The number of nitrogens with zero attached hydrogens (tertiary/aromatic N) is 4. The summed E-state index contributed by atoms with van der Waals surface area (Å²) in [6.07, 6.45) is 3.34. The molecule has 0 aliphatic heterocycles. The topological polar surface area (TPSA) is 105 Å². The average molecular weight is 511 g/mol. The molecule has 190 valence electrons. The first-order valence-corrected chi connectivity index (χ1v) is 13.0. The summed E-state index contributed by atoms with van der Waals surface area (Å²) in [6, 6.07) is 5.28. The van der Waals surface area contributed by atoms with Crippen LogP contribution in [0.5, 0.6) is 17.2 Å². The number of ether oxygens (including phenoxy) is 3. The third-order valence-electron chi connectivity index (χ3n) is 6.33. The third kappa shape index (κ3) is 4.48. The van der Waals surface area contributed by atoms with E-state index in [0.29, 0.717) is 39.5 Å². The summed E-state index contributed by atoms with van der Waals surface area (Å²) in [5.41, 5.74) is 5.53. The van der Waals surface area contributed by atoms with E-state index in [1.165, 1.54) is 0 Å². The lowest BCUT2D eigenvalue weighted by Crippen LogP contribution is -2.16. The van der Waals surface area contributed by atoms with Crippen molar-refractivity contribution in [1.29, 1.82) is 0 Å². The van der Waals surface area contributed by atoms with Gasteiger partial charge in [-0.1, -0.05) is 0 Å². The van der Waals surface area contributed by atoms with Crippen molar-refractivity contribution in [3.05, 3.63) is 64.2 Å². The molecule has 0 radical (unpaired) electrons. The van der Waals surface area contributed by atoms with Gasteiger partial charge in [0.15, 0.2) is 0 Å². The summed E-state index contributed by atoms with van der Waals surface area (Å²) in [4.78, 5) is 13.5. The molecule has 3 aromatic heterocycles. The minimum Gasteiger partial charge on any atom is -0.497 e. The Morgan fingerprint density at radius 1 is 0.833 bits per heavy atom. The largest absolute Gasteiger partial charge is 0.497 e. The van der Waals surface area contributed by atoms with E-state index >= 15 is 0 Å². The van der Waals surface area contributed by atoms with E-state index in [2.05, 4.69) is 15.0 Å². The van der Waals surface area contributed by atoms with E-state index in [1.54, 1.807) is 56.5 Å². The van der Waals surface area contributed by atoms with Crippen molar-refractivity contribution >= 4 is 20.9 Å². The first kappa shape index (κ1) is 25.4. The van der Waals surface area contributed by atoms with E-state index in [0.717, 1.165) is 22.4 Å². The van der Waals surface area contributed by atoms with Gasteiger partial charge in [-0.25, -0.2) is 13.4 Å². The molecule has 1 aromatic carbocycles. The number of benzene rings is 1. The molecule has 3 heterocycles. The Bertz CT molecular complexity index is 1560. The summed E-state index contributed by atoms with van der Waals surface area (Å²) in [6.45, 7) is 7.69. The number of hydrogen-bond donors (Lipinski definition) is 0. The van der Waals surface area contributed by atoms with Crippen LogP contribution in [-0.2, 0) is 22.1 Å². The normalized spacial score (nSPS) is 11.6. The second kappa shape index (κ2) is 9.77. The van der Waals surface area contributed by atoms with E-state index in [-0.39, 0.29) is 17.5 Å².